The van der Waals surface area contributed by atoms with Gasteiger partial charge in [0.1, 0.15) is 6.17 Å². The molecule has 0 aliphatic carbocycles. The molecule has 1 aromatic rings. The molecule has 1 rings (SSSR count). The third-order valence-electron chi connectivity index (χ3n) is 1.93. The summed E-state index contributed by atoms with van der Waals surface area (Å²) in [6.07, 6.45) is -0.0965. The molecule has 0 radical (unpaired) electrons. The van der Waals surface area contributed by atoms with E-state index in [1.165, 1.54) is 6.92 Å². The van der Waals surface area contributed by atoms with Crippen LogP contribution >= 0.6 is 15.9 Å². The minimum absolute atomic E-state index is 0.622. The van der Waals surface area contributed by atoms with Gasteiger partial charge in [-0.2, -0.15) is 0 Å². The summed E-state index contributed by atoms with van der Waals surface area (Å²) in [6, 6.07) is 5.65. The van der Waals surface area contributed by atoms with Crippen molar-refractivity contribution in [2.24, 2.45) is 5.73 Å². The van der Waals surface area contributed by atoms with Crippen LogP contribution in [0.15, 0.2) is 22.7 Å². The Labute approximate surface area is 86.3 Å². The summed E-state index contributed by atoms with van der Waals surface area (Å²) in [5.74, 6) is 0. The van der Waals surface area contributed by atoms with Gasteiger partial charge < -0.3 is 5.73 Å². The Morgan fingerprint density at radius 3 is 2.69 bits per heavy atom. The van der Waals surface area contributed by atoms with Crippen LogP contribution in [-0.2, 0) is 6.42 Å². The molecule has 1 unspecified atom stereocenters. The summed E-state index contributed by atoms with van der Waals surface area (Å²) < 4.78 is 13.8. The number of halogens is 2. The highest BCUT2D eigenvalue weighted by molar-refractivity contribution is 9.10. The predicted molar refractivity (Wildman–Crippen MR) is 56.4 cm³/mol. The topological polar surface area (TPSA) is 26.0 Å². The van der Waals surface area contributed by atoms with Crippen molar-refractivity contribution in [3.8, 4) is 0 Å². The minimum Gasteiger partial charge on any atom is -0.330 e. The molecule has 72 valence electrons. The number of rotatable bonds is 3. The van der Waals surface area contributed by atoms with E-state index in [0.29, 0.717) is 12.1 Å². The molecule has 3 heteroatoms. The van der Waals surface area contributed by atoms with Crippen molar-refractivity contribution in [2.75, 3.05) is 6.54 Å². The highest BCUT2D eigenvalue weighted by Gasteiger charge is 2.07. The van der Waals surface area contributed by atoms with Crippen LogP contribution in [0.3, 0.4) is 0 Å². The average molecular weight is 246 g/mol. The van der Waals surface area contributed by atoms with Crippen molar-refractivity contribution in [2.45, 2.75) is 19.5 Å². The second-order valence-corrected chi connectivity index (χ2v) is 3.86. The van der Waals surface area contributed by atoms with Gasteiger partial charge in [0.25, 0.3) is 0 Å². The van der Waals surface area contributed by atoms with Crippen LogP contribution in [0.4, 0.5) is 4.39 Å². The molecule has 0 heterocycles. The Morgan fingerprint density at radius 2 is 2.23 bits per heavy atom. The molecule has 1 aromatic carbocycles. The summed E-state index contributed by atoms with van der Waals surface area (Å²) in [7, 11) is 0. The first-order chi connectivity index (χ1) is 6.15. The third kappa shape index (κ3) is 2.78. The summed E-state index contributed by atoms with van der Waals surface area (Å²) >= 11 is 3.34. The van der Waals surface area contributed by atoms with Gasteiger partial charge in [0.15, 0.2) is 0 Å². The molecule has 0 aliphatic heterocycles. The lowest BCUT2D eigenvalue weighted by molar-refractivity contribution is 0.373. The van der Waals surface area contributed by atoms with Crippen molar-refractivity contribution < 1.29 is 4.39 Å². The zero-order valence-electron chi connectivity index (χ0n) is 7.56. The molecular weight excluding hydrogens is 233 g/mol. The maximum atomic E-state index is 13.0. The standard InChI is InChI=1S/C10H13BrFN/c1-7(12)9-3-2-8(4-5-13)6-10(9)11/h2-3,6-7H,4-5,13H2,1H3. The van der Waals surface area contributed by atoms with Gasteiger partial charge in [-0.05, 0) is 37.1 Å². The maximum absolute atomic E-state index is 13.0. The van der Waals surface area contributed by atoms with E-state index in [2.05, 4.69) is 15.9 Å². The summed E-state index contributed by atoms with van der Waals surface area (Å²) in [4.78, 5) is 0. The van der Waals surface area contributed by atoms with Crippen molar-refractivity contribution in [1.29, 1.82) is 0 Å². The van der Waals surface area contributed by atoms with E-state index in [1.54, 1.807) is 6.07 Å². The molecule has 0 saturated heterocycles. The quantitative estimate of drug-likeness (QED) is 0.871. The molecule has 0 bridgehead atoms. The molecule has 0 spiro atoms. The molecule has 0 amide bonds. The van der Waals surface area contributed by atoms with Gasteiger partial charge in [0.05, 0.1) is 0 Å². The average Bonchev–Trinajstić information content (AvgIpc) is 2.04. The highest BCUT2D eigenvalue weighted by Crippen LogP contribution is 2.26. The van der Waals surface area contributed by atoms with Crippen LogP contribution in [0.25, 0.3) is 0 Å². The van der Waals surface area contributed by atoms with Crippen molar-refractivity contribution in [3.63, 3.8) is 0 Å². The molecule has 0 saturated carbocycles. The van der Waals surface area contributed by atoms with Crippen LogP contribution in [0, 0.1) is 0 Å². The maximum Gasteiger partial charge on any atom is 0.123 e. The van der Waals surface area contributed by atoms with E-state index in [4.69, 9.17) is 5.73 Å². The van der Waals surface area contributed by atoms with Gasteiger partial charge in [-0.1, -0.05) is 28.1 Å². The van der Waals surface area contributed by atoms with Gasteiger partial charge in [0, 0.05) is 4.47 Å². The monoisotopic (exact) mass is 245 g/mol. The number of benzene rings is 1. The lowest BCUT2D eigenvalue weighted by Crippen LogP contribution is -2.03. The lowest BCUT2D eigenvalue weighted by atomic mass is 10.1. The fourth-order valence-corrected chi connectivity index (χ4v) is 1.96. The van der Waals surface area contributed by atoms with Gasteiger partial charge in [-0.15, -0.1) is 0 Å². The normalized spacial score (nSPS) is 12.9. The molecule has 13 heavy (non-hydrogen) atoms. The number of nitrogens with two attached hydrogens (primary N) is 1. The third-order valence-corrected chi connectivity index (χ3v) is 2.61. The summed E-state index contributed by atoms with van der Waals surface area (Å²) in [5.41, 5.74) is 7.25. The fraction of sp³-hybridized carbons (Fsp3) is 0.400. The summed E-state index contributed by atoms with van der Waals surface area (Å²) in [5, 5.41) is 0. The first-order valence-corrected chi connectivity index (χ1v) is 5.07. The highest BCUT2D eigenvalue weighted by atomic mass is 79.9. The van der Waals surface area contributed by atoms with E-state index in [-0.39, 0.29) is 0 Å². The second kappa shape index (κ2) is 4.72. The van der Waals surface area contributed by atoms with E-state index >= 15 is 0 Å². The van der Waals surface area contributed by atoms with E-state index in [1.807, 2.05) is 12.1 Å². The first kappa shape index (κ1) is 10.7. The molecule has 1 nitrogen and oxygen atoms in total. The molecular formula is C10H13BrFN. The van der Waals surface area contributed by atoms with E-state index < -0.39 is 6.17 Å². The number of hydrogen-bond donors (Lipinski definition) is 1. The molecule has 0 aromatic heterocycles. The predicted octanol–water partition coefficient (Wildman–Crippen LogP) is 2.98. The van der Waals surface area contributed by atoms with Crippen LogP contribution < -0.4 is 5.73 Å². The van der Waals surface area contributed by atoms with E-state index in [9.17, 15) is 4.39 Å². The van der Waals surface area contributed by atoms with Gasteiger partial charge in [-0.25, -0.2) is 4.39 Å². The number of alkyl halides is 1. The SMILES string of the molecule is CC(F)c1ccc(CCN)cc1Br. The zero-order valence-corrected chi connectivity index (χ0v) is 9.14. The summed E-state index contributed by atoms with van der Waals surface area (Å²) in [6.45, 7) is 2.15. The molecule has 2 N–H and O–H groups in total. The van der Waals surface area contributed by atoms with Crippen molar-refractivity contribution >= 4 is 15.9 Å². The zero-order chi connectivity index (χ0) is 9.84. The Morgan fingerprint density at radius 1 is 1.54 bits per heavy atom. The lowest BCUT2D eigenvalue weighted by Gasteiger charge is -2.07. The van der Waals surface area contributed by atoms with Crippen LogP contribution in [0.5, 0.6) is 0 Å². The van der Waals surface area contributed by atoms with Crippen LogP contribution in [0.1, 0.15) is 24.2 Å². The molecule has 1 atom stereocenters. The van der Waals surface area contributed by atoms with Crippen molar-refractivity contribution in [3.05, 3.63) is 33.8 Å². The molecule has 0 aliphatic rings. The van der Waals surface area contributed by atoms with Crippen LogP contribution in [-0.4, -0.2) is 6.54 Å². The van der Waals surface area contributed by atoms with Gasteiger partial charge >= 0.3 is 0 Å². The van der Waals surface area contributed by atoms with E-state index in [0.717, 1.165) is 16.5 Å². The Bertz CT molecular complexity index is 286. The van der Waals surface area contributed by atoms with Gasteiger partial charge in [-0.3, -0.25) is 0 Å². The Kier molecular flexibility index (Phi) is 3.88. The minimum atomic E-state index is -0.929. The molecule has 0 fully saturated rings. The number of hydrogen-bond acceptors (Lipinski definition) is 1. The largest absolute Gasteiger partial charge is 0.330 e. The Balaban J connectivity index is 2.92. The fourth-order valence-electron chi connectivity index (χ4n) is 1.22. The Hall–Kier alpha value is -0.410. The van der Waals surface area contributed by atoms with Crippen LogP contribution in [0.2, 0.25) is 0 Å². The smallest absolute Gasteiger partial charge is 0.123 e. The van der Waals surface area contributed by atoms with Crippen molar-refractivity contribution in [1.82, 2.24) is 0 Å². The van der Waals surface area contributed by atoms with Gasteiger partial charge in [0.2, 0.25) is 0 Å². The first-order valence-electron chi connectivity index (χ1n) is 4.27. The second-order valence-electron chi connectivity index (χ2n) is 3.01.